The molecule has 0 rings (SSSR count). The van der Waals surface area contributed by atoms with Crippen LogP contribution in [0.4, 0.5) is 4.79 Å². The van der Waals surface area contributed by atoms with Gasteiger partial charge in [-0.25, -0.2) is 10.2 Å². The second-order valence-electron chi connectivity index (χ2n) is 1.38. The van der Waals surface area contributed by atoms with E-state index in [1.165, 1.54) is 7.05 Å². The molecule has 0 saturated heterocycles. The van der Waals surface area contributed by atoms with Gasteiger partial charge in [0.2, 0.25) is 0 Å². The normalized spacial score (nSPS) is 7.09. The minimum Gasteiger partial charge on any atom is -0.340 e. The molecule has 0 fully saturated rings. The molecule has 0 aromatic carbocycles. The lowest BCUT2D eigenvalue weighted by Crippen LogP contribution is -2.45. The molecule has 0 heterocycles. The van der Waals surface area contributed by atoms with E-state index in [9.17, 15) is 9.59 Å². The molecule has 6 heteroatoms. The highest BCUT2D eigenvalue weighted by molar-refractivity contribution is 9.12. The second kappa shape index (κ2) is 5.56. The van der Waals surface area contributed by atoms with Crippen LogP contribution in [0.3, 0.4) is 0 Å². The summed E-state index contributed by atoms with van der Waals surface area (Å²) in [7, 11) is 1.43. The lowest BCUT2D eigenvalue weighted by molar-refractivity contribution is -0.116. The van der Waals surface area contributed by atoms with Crippen LogP contribution in [0.1, 0.15) is 0 Å². The number of hydrazine groups is 1. The molecule has 60 valence electrons. The summed E-state index contributed by atoms with van der Waals surface area (Å²) in [4.78, 5) is 23.1. The Hall–Kier alpha value is -1.22. The summed E-state index contributed by atoms with van der Waals surface area (Å²) in [6, 6.07) is -0.505. The molecule has 0 radical (unpaired) electrons. The Balaban J connectivity index is 3.60. The molecule has 5 nitrogen and oxygen atoms in total. The standard InChI is InChI=1S/C5H6BrN3O2/c1-7-5(11)9-8-4(10)2-3-6/h1H3,(H,8,10)(H2,7,9,11). The summed E-state index contributed by atoms with van der Waals surface area (Å²) in [6.07, 6.45) is 0. The predicted molar refractivity (Wildman–Crippen MR) is 42.4 cm³/mol. The first-order valence-electron chi connectivity index (χ1n) is 2.60. The third-order valence-corrected chi connectivity index (χ3v) is 0.876. The van der Waals surface area contributed by atoms with Crippen molar-refractivity contribution in [1.82, 2.24) is 16.2 Å². The van der Waals surface area contributed by atoms with Crippen molar-refractivity contribution in [2.45, 2.75) is 0 Å². The SMILES string of the molecule is CNC(=O)NNC(=O)C#CBr. The maximum Gasteiger partial charge on any atom is 0.333 e. The fraction of sp³-hybridized carbons (Fsp3) is 0.200. The van der Waals surface area contributed by atoms with Crippen molar-refractivity contribution in [1.29, 1.82) is 0 Å². The highest BCUT2D eigenvalue weighted by Crippen LogP contribution is 1.68. The molecular weight excluding hydrogens is 214 g/mol. The van der Waals surface area contributed by atoms with Crippen molar-refractivity contribution in [3.63, 3.8) is 0 Å². The predicted octanol–water partition coefficient (Wildman–Crippen LogP) is -0.698. The highest BCUT2D eigenvalue weighted by atomic mass is 79.9. The van der Waals surface area contributed by atoms with Gasteiger partial charge in [-0.2, -0.15) is 0 Å². The Morgan fingerprint density at radius 2 is 2.00 bits per heavy atom. The Labute approximate surface area is 72.0 Å². The third kappa shape index (κ3) is 5.24. The van der Waals surface area contributed by atoms with Gasteiger partial charge >= 0.3 is 11.9 Å². The number of rotatable bonds is 0. The van der Waals surface area contributed by atoms with Crippen molar-refractivity contribution in [2.24, 2.45) is 0 Å². The molecule has 3 N–H and O–H groups in total. The van der Waals surface area contributed by atoms with E-state index in [1.807, 2.05) is 10.9 Å². The quantitative estimate of drug-likeness (QED) is 0.373. The zero-order valence-corrected chi connectivity index (χ0v) is 7.28. The van der Waals surface area contributed by atoms with E-state index in [0.29, 0.717) is 0 Å². The van der Waals surface area contributed by atoms with Gasteiger partial charge in [0.15, 0.2) is 0 Å². The molecule has 0 aromatic heterocycles. The summed E-state index contributed by atoms with van der Waals surface area (Å²) in [5, 5.41) is 2.24. The molecule has 0 bridgehead atoms. The van der Waals surface area contributed by atoms with Gasteiger partial charge in [-0.05, 0) is 4.83 Å². The van der Waals surface area contributed by atoms with Crippen LogP contribution in [0.2, 0.25) is 0 Å². The lowest BCUT2D eigenvalue weighted by Gasteiger charge is -2.01. The Kier molecular flexibility index (Phi) is 4.94. The number of hydrogen-bond acceptors (Lipinski definition) is 2. The second-order valence-corrected chi connectivity index (χ2v) is 1.77. The van der Waals surface area contributed by atoms with Crippen LogP contribution in [0, 0.1) is 10.8 Å². The molecule has 0 unspecified atom stereocenters. The molecule has 0 aromatic rings. The van der Waals surface area contributed by atoms with E-state index >= 15 is 0 Å². The van der Waals surface area contributed by atoms with Crippen LogP contribution < -0.4 is 16.2 Å². The molecule has 0 atom stereocenters. The zero-order chi connectivity index (χ0) is 8.69. The van der Waals surface area contributed by atoms with Crippen LogP contribution >= 0.6 is 15.9 Å². The van der Waals surface area contributed by atoms with Gasteiger partial charge in [0, 0.05) is 28.9 Å². The van der Waals surface area contributed by atoms with E-state index in [0.717, 1.165) is 0 Å². The van der Waals surface area contributed by atoms with Gasteiger partial charge in [0.25, 0.3) is 0 Å². The topological polar surface area (TPSA) is 70.2 Å². The summed E-state index contributed by atoms with van der Waals surface area (Å²) < 4.78 is 0. The largest absolute Gasteiger partial charge is 0.340 e. The van der Waals surface area contributed by atoms with Crippen molar-refractivity contribution in [2.75, 3.05) is 7.05 Å². The average molecular weight is 220 g/mol. The molecule has 0 spiro atoms. The minimum absolute atomic E-state index is 0.505. The maximum atomic E-state index is 10.5. The Bertz CT molecular complexity index is 218. The van der Waals surface area contributed by atoms with Crippen LogP contribution in [0.25, 0.3) is 0 Å². The fourth-order valence-electron chi connectivity index (χ4n) is 0.250. The molecule has 0 aliphatic heterocycles. The van der Waals surface area contributed by atoms with Crippen molar-refractivity contribution < 1.29 is 9.59 Å². The molecule has 0 aliphatic rings. The summed E-state index contributed by atoms with van der Waals surface area (Å²) >= 11 is 2.72. The monoisotopic (exact) mass is 219 g/mol. The van der Waals surface area contributed by atoms with E-state index in [2.05, 4.69) is 32.0 Å². The lowest BCUT2D eigenvalue weighted by atomic mass is 10.7. The van der Waals surface area contributed by atoms with Crippen LogP contribution in [-0.4, -0.2) is 19.0 Å². The third-order valence-electron chi connectivity index (χ3n) is 0.677. The van der Waals surface area contributed by atoms with Crippen LogP contribution in [-0.2, 0) is 4.79 Å². The number of nitrogens with one attached hydrogen (secondary N) is 3. The molecular formula is C5H6BrN3O2. The first kappa shape index (κ1) is 9.78. The van der Waals surface area contributed by atoms with Gasteiger partial charge in [0.1, 0.15) is 0 Å². The number of halogens is 1. The van der Waals surface area contributed by atoms with Gasteiger partial charge < -0.3 is 5.32 Å². The van der Waals surface area contributed by atoms with E-state index in [4.69, 9.17) is 0 Å². The highest BCUT2D eigenvalue weighted by Gasteiger charge is 1.96. The first-order valence-corrected chi connectivity index (χ1v) is 3.39. The molecule has 0 aliphatic carbocycles. The van der Waals surface area contributed by atoms with Gasteiger partial charge in [0.05, 0.1) is 0 Å². The summed E-state index contributed by atoms with van der Waals surface area (Å²) in [5.74, 6) is 1.51. The van der Waals surface area contributed by atoms with Crippen LogP contribution in [0.5, 0.6) is 0 Å². The van der Waals surface area contributed by atoms with Crippen molar-refractivity contribution in [3.8, 4) is 10.8 Å². The number of carbonyl (C=O) groups is 2. The first-order chi connectivity index (χ1) is 5.20. The van der Waals surface area contributed by atoms with Gasteiger partial charge in [-0.15, -0.1) is 0 Å². The zero-order valence-electron chi connectivity index (χ0n) is 5.69. The number of carbonyl (C=O) groups excluding carboxylic acids is 2. The van der Waals surface area contributed by atoms with Crippen molar-refractivity contribution in [3.05, 3.63) is 0 Å². The summed E-state index contributed by atoms with van der Waals surface area (Å²) in [6.45, 7) is 0. The van der Waals surface area contributed by atoms with Crippen molar-refractivity contribution >= 4 is 27.9 Å². The number of amides is 3. The van der Waals surface area contributed by atoms with Crippen LogP contribution in [0.15, 0.2) is 0 Å². The van der Waals surface area contributed by atoms with Gasteiger partial charge in [-0.1, -0.05) is 0 Å². The smallest absolute Gasteiger partial charge is 0.333 e. The Morgan fingerprint density at radius 1 is 1.36 bits per heavy atom. The fourth-order valence-corrected chi connectivity index (χ4v) is 0.430. The number of hydrogen-bond donors (Lipinski definition) is 3. The average Bonchev–Trinajstić information content (AvgIpc) is 2.01. The molecule has 3 amide bonds. The maximum absolute atomic E-state index is 10.5. The molecule has 11 heavy (non-hydrogen) atoms. The van der Waals surface area contributed by atoms with E-state index < -0.39 is 11.9 Å². The minimum atomic E-state index is -0.592. The van der Waals surface area contributed by atoms with E-state index in [1.54, 1.807) is 0 Å². The number of urea groups is 1. The Morgan fingerprint density at radius 3 is 2.45 bits per heavy atom. The van der Waals surface area contributed by atoms with E-state index in [-0.39, 0.29) is 0 Å². The van der Waals surface area contributed by atoms with Gasteiger partial charge in [-0.3, -0.25) is 10.2 Å². The summed E-state index contributed by atoms with van der Waals surface area (Å²) in [5.41, 5.74) is 4.07. The molecule has 0 saturated carbocycles.